The number of methoxy groups -OCH3 is 2. The summed E-state index contributed by atoms with van der Waals surface area (Å²) in [7, 11) is 2.37. The van der Waals surface area contributed by atoms with Gasteiger partial charge >= 0.3 is 23.9 Å². The van der Waals surface area contributed by atoms with Gasteiger partial charge in [0, 0.05) is 0 Å². The molecule has 0 spiro atoms. The smallest absolute Gasteiger partial charge is 0.345 e. The summed E-state index contributed by atoms with van der Waals surface area (Å²) in [5.41, 5.74) is -3.76. The van der Waals surface area contributed by atoms with Crippen LogP contribution in [0.2, 0.25) is 0 Å². The summed E-state index contributed by atoms with van der Waals surface area (Å²) >= 11 is 0. The highest BCUT2D eigenvalue weighted by atomic mass is 16.6. The monoisotopic (exact) mass is 566 g/mol. The van der Waals surface area contributed by atoms with Crippen molar-refractivity contribution in [3.63, 3.8) is 0 Å². The minimum absolute atomic E-state index is 0.197. The molecule has 0 saturated heterocycles. The van der Waals surface area contributed by atoms with Crippen LogP contribution in [0.15, 0.2) is 0 Å². The summed E-state index contributed by atoms with van der Waals surface area (Å²) in [6.07, 6.45) is 4.62. The first kappa shape index (κ1) is 30.1. The van der Waals surface area contributed by atoms with Gasteiger partial charge in [0.25, 0.3) is 0 Å². The van der Waals surface area contributed by atoms with Gasteiger partial charge in [-0.05, 0) is 86.9 Å². The highest BCUT2D eigenvalue weighted by molar-refractivity contribution is 5.97. The van der Waals surface area contributed by atoms with Crippen LogP contribution < -0.4 is 0 Å². The number of rotatable bonds is 14. The van der Waals surface area contributed by atoms with Gasteiger partial charge in [0.15, 0.2) is 12.6 Å². The Balaban J connectivity index is 1.27. The quantitative estimate of drug-likeness (QED) is 0.0964. The summed E-state index contributed by atoms with van der Waals surface area (Å²) in [4.78, 5) is 71.1. The zero-order chi connectivity index (χ0) is 29.2. The van der Waals surface area contributed by atoms with Gasteiger partial charge in [0.05, 0.1) is 27.4 Å². The summed E-state index contributed by atoms with van der Waals surface area (Å²) < 4.78 is 30.4. The first-order chi connectivity index (χ1) is 19.0. The van der Waals surface area contributed by atoms with E-state index in [4.69, 9.17) is 18.9 Å². The Kier molecular flexibility index (Phi) is 8.99. The van der Waals surface area contributed by atoms with Crippen molar-refractivity contribution in [1.82, 2.24) is 0 Å². The van der Waals surface area contributed by atoms with E-state index < -0.39 is 48.3 Å². The lowest BCUT2D eigenvalue weighted by Crippen LogP contribution is -2.45. The van der Waals surface area contributed by atoms with Gasteiger partial charge in [-0.1, -0.05) is 0 Å². The molecule has 40 heavy (non-hydrogen) atoms. The standard InChI is InChI=1S/C28H38O12/c1-27(13-29,39-11-21(31)35-3)25(33)37-9-17-5-15-7-19(17)23-16-6-18(20(8-16)24(15)23)10-38-26(34)28(2,14-30)40-12-22(32)36-4/h13-20,23-24H,5-12H2,1-4H3. The molecule has 4 fully saturated rings. The third-order valence-corrected chi connectivity index (χ3v) is 9.65. The van der Waals surface area contributed by atoms with Crippen molar-refractivity contribution in [2.75, 3.05) is 40.6 Å². The van der Waals surface area contributed by atoms with E-state index >= 15 is 0 Å². The Morgan fingerprint density at radius 3 is 1.38 bits per heavy atom. The molecule has 222 valence electrons. The van der Waals surface area contributed by atoms with Crippen molar-refractivity contribution in [3.05, 3.63) is 0 Å². The Morgan fingerprint density at radius 1 is 0.675 bits per heavy atom. The molecular formula is C28H38O12. The number of hydrogen-bond donors (Lipinski definition) is 0. The molecule has 12 heteroatoms. The van der Waals surface area contributed by atoms with E-state index in [0.29, 0.717) is 48.1 Å². The normalized spacial score (nSPS) is 34.2. The van der Waals surface area contributed by atoms with Crippen LogP contribution in [0, 0.1) is 47.3 Å². The molecule has 0 amide bonds. The van der Waals surface area contributed by atoms with Crippen molar-refractivity contribution in [1.29, 1.82) is 0 Å². The van der Waals surface area contributed by atoms with Crippen molar-refractivity contribution in [3.8, 4) is 0 Å². The molecule has 4 saturated carbocycles. The molecular weight excluding hydrogens is 528 g/mol. The Labute approximate surface area is 232 Å². The van der Waals surface area contributed by atoms with Crippen LogP contribution in [-0.4, -0.2) is 88.3 Å². The Hall–Kier alpha value is -2.86. The van der Waals surface area contributed by atoms with Gasteiger partial charge in [-0.15, -0.1) is 0 Å². The molecule has 4 aliphatic carbocycles. The zero-order valence-electron chi connectivity index (χ0n) is 23.3. The molecule has 0 aromatic rings. The second-order valence-corrected chi connectivity index (χ2v) is 11.8. The predicted molar refractivity (Wildman–Crippen MR) is 133 cm³/mol. The van der Waals surface area contributed by atoms with Crippen molar-refractivity contribution < 1.29 is 57.2 Å². The molecule has 0 heterocycles. The van der Waals surface area contributed by atoms with Gasteiger partial charge in [0.2, 0.25) is 11.2 Å². The third kappa shape index (κ3) is 5.65. The number of hydrogen-bond acceptors (Lipinski definition) is 12. The molecule has 0 N–H and O–H groups in total. The fraction of sp³-hybridized carbons (Fsp3) is 0.786. The molecule has 0 aromatic heterocycles. The van der Waals surface area contributed by atoms with Gasteiger partial charge in [-0.2, -0.15) is 0 Å². The molecule has 10 atom stereocenters. The van der Waals surface area contributed by atoms with Crippen molar-refractivity contribution >= 4 is 36.4 Å². The van der Waals surface area contributed by atoms with Crippen LogP contribution in [-0.2, 0) is 57.2 Å². The fourth-order valence-corrected chi connectivity index (χ4v) is 7.73. The largest absolute Gasteiger partial charge is 0.467 e. The number of carbonyl (C=O) groups excluding carboxylic acids is 6. The van der Waals surface area contributed by atoms with Crippen LogP contribution in [0.3, 0.4) is 0 Å². The lowest BCUT2D eigenvalue weighted by atomic mass is 9.65. The second kappa shape index (κ2) is 11.9. The van der Waals surface area contributed by atoms with Crippen LogP contribution in [0.4, 0.5) is 0 Å². The van der Waals surface area contributed by atoms with Gasteiger partial charge in [-0.25, -0.2) is 19.2 Å². The lowest BCUT2D eigenvalue weighted by molar-refractivity contribution is -0.179. The van der Waals surface area contributed by atoms with E-state index in [1.165, 1.54) is 28.1 Å². The molecule has 0 radical (unpaired) electrons. The summed E-state index contributed by atoms with van der Waals surface area (Å²) in [6.45, 7) is 1.87. The molecule has 0 aliphatic heterocycles. The van der Waals surface area contributed by atoms with Crippen LogP contribution in [0.1, 0.15) is 39.5 Å². The van der Waals surface area contributed by atoms with E-state index in [0.717, 1.165) is 25.7 Å². The highest BCUT2D eigenvalue weighted by Crippen LogP contribution is 2.70. The fourth-order valence-electron chi connectivity index (χ4n) is 7.73. The number of esters is 4. The Morgan fingerprint density at radius 2 is 1.05 bits per heavy atom. The second-order valence-electron chi connectivity index (χ2n) is 11.8. The SMILES string of the molecule is COC(=O)COC(C)(C=O)C(=O)OCC1CC2CC1C1C3CC(COC(=O)C(C)(C=O)OCC(=O)OC)C(C3)C21. The van der Waals surface area contributed by atoms with E-state index in [1.54, 1.807) is 0 Å². The van der Waals surface area contributed by atoms with E-state index in [1.807, 2.05) is 0 Å². The first-order valence-corrected chi connectivity index (χ1v) is 13.7. The van der Waals surface area contributed by atoms with Crippen molar-refractivity contribution in [2.24, 2.45) is 47.3 Å². The highest BCUT2D eigenvalue weighted by Gasteiger charge is 2.64. The van der Waals surface area contributed by atoms with Crippen LogP contribution in [0.25, 0.3) is 0 Å². The summed E-state index contributed by atoms with van der Waals surface area (Å²) in [5, 5.41) is 0. The number of ether oxygens (including phenoxy) is 6. The van der Waals surface area contributed by atoms with E-state index in [2.05, 4.69) is 9.47 Å². The van der Waals surface area contributed by atoms with Crippen LogP contribution in [0.5, 0.6) is 0 Å². The number of aldehydes is 2. The van der Waals surface area contributed by atoms with E-state index in [-0.39, 0.29) is 25.0 Å². The van der Waals surface area contributed by atoms with Gasteiger partial charge < -0.3 is 28.4 Å². The maximum absolute atomic E-state index is 12.6. The predicted octanol–water partition coefficient (Wildman–Crippen LogP) is 0.912. The summed E-state index contributed by atoms with van der Waals surface area (Å²) in [6, 6.07) is 0. The maximum atomic E-state index is 12.6. The topological polar surface area (TPSA) is 158 Å². The molecule has 4 aliphatic rings. The minimum Gasteiger partial charge on any atom is -0.467 e. The van der Waals surface area contributed by atoms with Gasteiger partial charge in [0.1, 0.15) is 13.2 Å². The first-order valence-electron chi connectivity index (χ1n) is 13.7. The maximum Gasteiger partial charge on any atom is 0.345 e. The minimum atomic E-state index is -1.88. The van der Waals surface area contributed by atoms with Crippen LogP contribution >= 0.6 is 0 Å². The molecule has 0 aromatic carbocycles. The average molecular weight is 567 g/mol. The number of fused-ring (bicyclic) bond motifs is 9. The molecule has 4 bridgehead atoms. The molecule has 4 rings (SSSR count). The lowest BCUT2D eigenvalue weighted by Gasteiger charge is -2.41. The third-order valence-electron chi connectivity index (χ3n) is 9.65. The number of carbonyl (C=O) groups is 6. The van der Waals surface area contributed by atoms with Gasteiger partial charge in [-0.3, -0.25) is 9.59 Å². The zero-order valence-corrected chi connectivity index (χ0v) is 23.3. The Bertz CT molecular complexity index is 947. The average Bonchev–Trinajstić information content (AvgIpc) is 3.75. The van der Waals surface area contributed by atoms with Crippen molar-refractivity contribution in [2.45, 2.75) is 50.7 Å². The molecule has 12 nitrogen and oxygen atoms in total. The molecule has 10 unspecified atom stereocenters. The van der Waals surface area contributed by atoms with E-state index in [9.17, 15) is 28.8 Å². The summed E-state index contributed by atoms with van der Waals surface area (Å²) in [5.74, 6) is 0.222.